The third-order valence-electron chi connectivity index (χ3n) is 2.27. The van der Waals surface area contributed by atoms with Gasteiger partial charge in [-0.3, -0.25) is 0 Å². The van der Waals surface area contributed by atoms with E-state index in [1.807, 2.05) is 24.7 Å². The Labute approximate surface area is 109 Å². The first-order valence-corrected chi connectivity index (χ1v) is 11.6. The number of benzene rings is 1. The molecule has 2 rings (SSSR count). The standard InChI is InChI=1S/C9H16O4Si4/c1-16-11-14-10-15-12-17(13-16)8-7-9-5-3-2-4-6-9/h2-8,16-17H,14-15H2,1H3. The van der Waals surface area contributed by atoms with Gasteiger partial charge in [-0.15, -0.1) is 0 Å². The molecule has 1 fully saturated rings. The maximum Gasteiger partial charge on any atom is 0.330 e. The minimum Gasteiger partial charge on any atom is -0.425 e. The van der Waals surface area contributed by atoms with Gasteiger partial charge in [0.15, 0.2) is 0 Å². The van der Waals surface area contributed by atoms with Crippen molar-refractivity contribution in [3.8, 4) is 0 Å². The van der Waals surface area contributed by atoms with E-state index in [1.165, 1.54) is 5.56 Å². The first-order valence-electron chi connectivity index (χ1n) is 5.54. The van der Waals surface area contributed by atoms with Crippen LogP contribution in [0.2, 0.25) is 6.55 Å². The molecule has 1 saturated heterocycles. The zero-order valence-corrected chi connectivity index (χ0v) is 14.9. The van der Waals surface area contributed by atoms with E-state index in [1.54, 1.807) is 0 Å². The molecule has 0 N–H and O–H groups in total. The fraction of sp³-hybridized carbons (Fsp3) is 0.111. The zero-order chi connectivity index (χ0) is 11.9. The zero-order valence-electron chi connectivity index (χ0n) is 9.74. The largest absolute Gasteiger partial charge is 0.425 e. The van der Waals surface area contributed by atoms with Gasteiger partial charge in [0, 0.05) is 0 Å². The minimum atomic E-state index is -1.71. The van der Waals surface area contributed by atoms with Crippen LogP contribution in [-0.4, -0.2) is 38.6 Å². The fourth-order valence-corrected chi connectivity index (χ4v) is 10.2. The highest BCUT2D eigenvalue weighted by atomic mass is 28.4. The monoisotopic (exact) mass is 300 g/mol. The topological polar surface area (TPSA) is 36.9 Å². The van der Waals surface area contributed by atoms with Crippen LogP contribution < -0.4 is 0 Å². The van der Waals surface area contributed by atoms with Crippen molar-refractivity contribution in [2.45, 2.75) is 6.55 Å². The van der Waals surface area contributed by atoms with Crippen molar-refractivity contribution in [1.29, 1.82) is 0 Å². The van der Waals surface area contributed by atoms with E-state index in [0.717, 1.165) is 0 Å². The predicted octanol–water partition coefficient (Wildman–Crippen LogP) is -0.613. The van der Waals surface area contributed by atoms with Crippen molar-refractivity contribution >= 4 is 44.7 Å². The lowest BCUT2D eigenvalue weighted by atomic mass is 10.2. The molecule has 4 nitrogen and oxygen atoms in total. The van der Waals surface area contributed by atoms with Crippen LogP contribution in [0.15, 0.2) is 36.0 Å². The van der Waals surface area contributed by atoms with Crippen molar-refractivity contribution < 1.29 is 16.5 Å². The molecule has 0 amide bonds. The van der Waals surface area contributed by atoms with Crippen LogP contribution in [0.25, 0.3) is 6.08 Å². The van der Waals surface area contributed by atoms with Crippen LogP contribution in [0.5, 0.6) is 0 Å². The fourth-order valence-electron chi connectivity index (χ4n) is 1.42. The van der Waals surface area contributed by atoms with Crippen LogP contribution in [0.1, 0.15) is 5.56 Å². The Hall–Kier alpha value is -0.332. The summed E-state index contributed by atoms with van der Waals surface area (Å²) < 4.78 is 22.5. The lowest BCUT2D eigenvalue weighted by Gasteiger charge is -2.22. The summed E-state index contributed by atoms with van der Waals surface area (Å²) in [7, 11) is -4.91. The number of hydrogen-bond acceptors (Lipinski definition) is 4. The van der Waals surface area contributed by atoms with Gasteiger partial charge in [-0.25, -0.2) is 0 Å². The SMILES string of the molecule is C[SiH]1O[SiH2]O[SiH2]O[SiH](C=Cc2ccccc2)O1. The lowest BCUT2D eigenvalue weighted by molar-refractivity contribution is 0.323. The van der Waals surface area contributed by atoms with Crippen LogP contribution in [-0.2, 0) is 16.5 Å². The maximum absolute atomic E-state index is 5.85. The van der Waals surface area contributed by atoms with Crippen LogP contribution >= 0.6 is 0 Å². The molecule has 1 aromatic rings. The van der Waals surface area contributed by atoms with Gasteiger partial charge in [-0.2, -0.15) is 0 Å². The predicted molar refractivity (Wildman–Crippen MR) is 77.1 cm³/mol. The molecule has 0 radical (unpaired) electrons. The summed E-state index contributed by atoms with van der Waals surface area (Å²) >= 11 is 0. The van der Waals surface area contributed by atoms with Crippen molar-refractivity contribution in [3.05, 3.63) is 41.6 Å². The van der Waals surface area contributed by atoms with Gasteiger partial charge in [0.2, 0.25) is 0 Å². The second-order valence-electron chi connectivity index (χ2n) is 3.62. The molecule has 2 atom stereocenters. The molecule has 0 spiro atoms. The third-order valence-corrected chi connectivity index (χ3v) is 11.0. The summed E-state index contributed by atoms with van der Waals surface area (Å²) in [6, 6.07) is 10.2. The summed E-state index contributed by atoms with van der Waals surface area (Å²) in [6.45, 7) is 2.03. The van der Waals surface area contributed by atoms with Gasteiger partial charge in [-0.05, 0) is 17.8 Å². The molecule has 8 heteroatoms. The second-order valence-corrected chi connectivity index (χ2v) is 11.7. The van der Waals surface area contributed by atoms with Gasteiger partial charge in [0.1, 0.15) is 0 Å². The summed E-state index contributed by atoms with van der Waals surface area (Å²) in [6.07, 6.45) is 2.06. The number of rotatable bonds is 2. The molecular formula is C9H16O4Si4. The summed E-state index contributed by atoms with van der Waals surface area (Å²) in [5.74, 6) is 0. The molecule has 0 bridgehead atoms. The second kappa shape index (κ2) is 7.18. The quantitative estimate of drug-likeness (QED) is 0.683. The average molecular weight is 301 g/mol. The summed E-state index contributed by atoms with van der Waals surface area (Å²) in [5.41, 5.74) is 3.23. The molecule has 1 aromatic carbocycles. The van der Waals surface area contributed by atoms with Gasteiger partial charge < -0.3 is 16.5 Å². The average Bonchev–Trinajstić information content (AvgIpc) is 2.33. The van der Waals surface area contributed by atoms with E-state index in [2.05, 4.69) is 23.9 Å². The molecule has 0 aromatic heterocycles. The first-order chi connectivity index (χ1) is 8.34. The van der Waals surface area contributed by atoms with Gasteiger partial charge in [-0.1, -0.05) is 36.4 Å². The minimum absolute atomic E-state index is 0.812. The van der Waals surface area contributed by atoms with Crippen LogP contribution in [0.3, 0.4) is 0 Å². The molecule has 0 aliphatic carbocycles. The van der Waals surface area contributed by atoms with E-state index >= 15 is 0 Å². The highest BCUT2D eigenvalue weighted by molar-refractivity contribution is 6.68. The smallest absolute Gasteiger partial charge is 0.330 e. The molecule has 0 saturated carbocycles. The Kier molecular flexibility index (Phi) is 5.54. The Bertz CT molecular complexity index is 361. The molecule has 17 heavy (non-hydrogen) atoms. The van der Waals surface area contributed by atoms with Gasteiger partial charge in [0.05, 0.1) is 0 Å². The lowest BCUT2D eigenvalue weighted by Crippen LogP contribution is -2.37. The Balaban J connectivity index is 1.94. The van der Waals surface area contributed by atoms with E-state index < -0.39 is 38.6 Å². The summed E-state index contributed by atoms with van der Waals surface area (Å²) in [5, 5.41) is 0. The van der Waals surface area contributed by atoms with E-state index in [9.17, 15) is 0 Å². The Morgan fingerprint density at radius 2 is 1.88 bits per heavy atom. The van der Waals surface area contributed by atoms with Crippen molar-refractivity contribution in [3.63, 3.8) is 0 Å². The van der Waals surface area contributed by atoms with Crippen molar-refractivity contribution in [1.82, 2.24) is 0 Å². The normalized spacial score (nSPS) is 29.5. The van der Waals surface area contributed by atoms with E-state index in [0.29, 0.717) is 0 Å². The molecule has 2 unspecified atom stereocenters. The molecular weight excluding hydrogens is 284 g/mol. The Morgan fingerprint density at radius 3 is 2.71 bits per heavy atom. The van der Waals surface area contributed by atoms with E-state index in [-0.39, 0.29) is 0 Å². The van der Waals surface area contributed by atoms with E-state index in [4.69, 9.17) is 16.5 Å². The van der Waals surface area contributed by atoms with Crippen LogP contribution in [0.4, 0.5) is 0 Å². The Morgan fingerprint density at radius 1 is 1.12 bits per heavy atom. The number of hydrogen-bond donors (Lipinski definition) is 0. The highest BCUT2D eigenvalue weighted by Gasteiger charge is 2.18. The molecule has 92 valence electrons. The van der Waals surface area contributed by atoms with Crippen LogP contribution in [0, 0.1) is 0 Å². The molecule has 1 heterocycles. The highest BCUT2D eigenvalue weighted by Crippen LogP contribution is 2.05. The maximum atomic E-state index is 5.85. The first kappa shape index (κ1) is 13.1. The van der Waals surface area contributed by atoms with Crippen molar-refractivity contribution in [2.75, 3.05) is 0 Å². The van der Waals surface area contributed by atoms with Gasteiger partial charge in [0.25, 0.3) is 29.3 Å². The third kappa shape index (κ3) is 4.81. The van der Waals surface area contributed by atoms with Gasteiger partial charge >= 0.3 is 9.28 Å². The summed E-state index contributed by atoms with van der Waals surface area (Å²) in [4.78, 5) is 0. The molecule has 1 aliphatic heterocycles. The molecule has 1 aliphatic rings. The van der Waals surface area contributed by atoms with Crippen molar-refractivity contribution in [2.24, 2.45) is 0 Å².